The van der Waals surface area contributed by atoms with Crippen molar-refractivity contribution >= 4 is 11.4 Å². The molecule has 4 nitrogen and oxygen atoms in total. The van der Waals surface area contributed by atoms with Crippen molar-refractivity contribution in [3.8, 4) is 11.5 Å². The van der Waals surface area contributed by atoms with Crippen LogP contribution in [0.15, 0.2) is 36.4 Å². The van der Waals surface area contributed by atoms with E-state index in [2.05, 4.69) is 16.7 Å². The molecule has 0 radical (unpaired) electrons. The molecule has 1 saturated heterocycles. The van der Waals surface area contributed by atoms with Crippen LogP contribution in [0.1, 0.15) is 43.2 Å². The highest BCUT2D eigenvalue weighted by Gasteiger charge is 2.51. The largest absolute Gasteiger partial charge is 0.508 e. The molecule has 0 aromatic heterocycles. The lowest BCUT2D eigenvalue weighted by molar-refractivity contribution is 0.0796. The number of fused-ring (bicyclic) bond motifs is 1. The number of hydrogen-bond donors (Lipinski definition) is 4. The van der Waals surface area contributed by atoms with E-state index in [0.717, 1.165) is 24.3 Å². The van der Waals surface area contributed by atoms with Crippen LogP contribution in [0.3, 0.4) is 0 Å². The number of rotatable bonds is 2. The summed E-state index contributed by atoms with van der Waals surface area (Å²) in [7, 11) is 0. The summed E-state index contributed by atoms with van der Waals surface area (Å²) in [5, 5.41) is 27.3. The van der Waals surface area contributed by atoms with Crippen LogP contribution in [-0.2, 0) is 11.8 Å². The Morgan fingerprint density at radius 2 is 1.88 bits per heavy atom. The molecule has 1 saturated carbocycles. The number of benzene rings is 2. The average Bonchev–Trinajstić information content (AvgIpc) is 2.65. The van der Waals surface area contributed by atoms with Gasteiger partial charge >= 0.3 is 0 Å². The quantitative estimate of drug-likeness (QED) is 0.484. The third-order valence-electron chi connectivity index (χ3n) is 6.91. The summed E-state index contributed by atoms with van der Waals surface area (Å²) in [6.07, 6.45) is 7.44. The van der Waals surface area contributed by atoms with Crippen LogP contribution < -0.4 is 10.6 Å². The Morgan fingerprint density at radius 1 is 1.04 bits per heavy atom. The molecule has 0 spiro atoms. The normalized spacial score (nSPS) is 29.5. The van der Waals surface area contributed by atoms with Gasteiger partial charge in [0.1, 0.15) is 11.5 Å². The second kappa shape index (κ2) is 5.92. The topological polar surface area (TPSA) is 64.5 Å². The molecule has 0 amide bonds. The summed E-state index contributed by atoms with van der Waals surface area (Å²) < 4.78 is 0. The van der Waals surface area contributed by atoms with Gasteiger partial charge < -0.3 is 20.8 Å². The van der Waals surface area contributed by atoms with Crippen molar-refractivity contribution in [1.82, 2.24) is 5.32 Å². The smallest absolute Gasteiger partial charge is 0.139 e. The van der Waals surface area contributed by atoms with Crippen molar-refractivity contribution in [2.75, 3.05) is 11.9 Å². The zero-order valence-electron chi connectivity index (χ0n) is 15.0. The summed E-state index contributed by atoms with van der Waals surface area (Å²) in [6, 6.07) is 11.7. The van der Waals surface area contributed by atoms with Crippen molar-refractivity contribution in [2.24, 2.45) is 5.92 Å². The van der Waals surface area contributed by atoms with Gasteiger partial charge in [0.25, 0.3) is 0 Å². The summed E-state index contributed by atoms with van der Waals surface area (Å²) >= 11 is 0. The Labute approximate surface area is 154 Å². The standard InChI is InChI=1S/C22H26N2O2/c25-16-6-4-15(5-7-16)24-20-12-14-11-19-17-3-1-2-8-22(17,9-10-23-19)18(14)13-21(20)26/h4-7,12-13,17,19,23-26H,1-3,8-11H2/t17-,19+,22+/m0/s1. The van der Waals surface area contributed by atoms with Crippen molar-refractivity contribution in [3.63, 3.8) is 0 Å². The minimum absolute atomic E-state index is 0.242. The molecule has 136 valence electrons. The van der Waals surface area contributed by atoms with Crippen molar-refractivity contribution in [2.45, 2.75) is 50.0 Å². The molecule has 3 aliphatic rings. The highest BCUT2D eigenvalue weighted by molar-refractivity contribution is 5.69. The predicted molar refractivity (Wildman–Crippen MR) is 103 cm³/mol. The zero-order valence-corrected chi connectivity index (χ0v) is 15.0. The lowest BCUT2D eigenvalue weighted by atomic mass is 9.53. The second-order valence-electron chi connectivity index (χ2n) is 8.22. The lowest BCUT2D eigenvalue weighted by Gasteiger charge is -2.56. The fraction of sp³-hybridized carbons (Fsp3) is 0.455. The van der Waals surface area contributed by atoms with Crippen molar-refractivity contribution in [1.29, 1.82) is 0 Å². The Balaban J connectivity index is 1.55. The summed E-state index contributed by atoms with van der Waals surface area (Å²) in [5.74, 6) is 1.28. The fourth-order valence-corrected chi connectivity index (χ4v) is 5.77. The Kier molecular flexibility index (Phi) is 3.64. The van der Waals surface area contributed by atoms with Crippen LogP contribution >= 0.6 is 0 Å². The van der Waals surface area contributed by atoms with Crippen molar-refractivity contribution < 1.29 is 10.2 Å². The number of aromatic hydroxyl groups is 2. The predicted octanol–water partition coefficient (Wildman–Crippen LogP) is 4.19. The first-order chi connectivity index (χ1) is 12.7. The first-order valence-corrected chi connectivity index (χ1v) is 9.81. The molecule has 1 aliphatic heterocycles. The van der Waals surface area contributed by atoms with Crippen LogP contribution in [-0.4, -0.2) is 22.8 Å². The summed E-state index contributed by atoms with van der Waals surface area (Å²) in [5.41, 5.74) is 4.64. The molecule has 2 fully saturated rings. The van der Waals surface area contributed by atoms with Crippen LogP contribution in [0.5, 0.6) is 11.5 Å². The molecule has 3 atom stereocenters. The van der Waals surface area contributed by atoms with Crippen LogP contribution in [0.4, 0.5) is 11.4 Å². The first-order valence-electron chi connectivity index (χ1n) is 9.81. The van der Waals surface area contributed by atoms with Gasteiger partial charge in [0, 0.05) is 17.1 Å². The van der Waals surface area contributed by atoms with Crippen LogP contribution in [0.2, 0.25) is 0 Å². The van der Waals surface area contributed by atoms with E-state index in [9.17, 15) is 10.2 Å². The van der Waals surface area contributed by atoms with Crippen LogP contribution in [0.25, 0.3) is 0 Å². The second-order valence-corrected chi connectivity index (χ2v) is 8.22. The minimum Gasteiger partial charge on any atom is -0.508 e. The Hall–Kier alpha value is -2.20. The zero-order chi connectivity index (χ0) is 17.7. The molecule has 4 heteroatoms. The van der Waals surface area contributed by atoms with E-state index in [-0.39, 0.29) is 11.2 Å². The Bertz CT molecular complexity index is 829. The molecule has 5 rings (SSSR count). The van der Waals surface area contributed by atoms with Gasteiger partial charge in [-0.25, -0.2) is 0 Å². The number of anilines is 2. The highest BCUT2D eigenvalue weighted by Crippen LogP contribution is 2.55. The first kappa shape index (κ1) is 16.0. The van der Waals surface area contributed by atoms with Crippen LogP contribution in [0, 0.1) is 5.92 Å². The minimum atomic E-state index is 0.242. The molecule has 0 unspecified atom stereocenters. The van der Waals surface area contributed by atoms with Gasteiger partial charge in [-0.2, -0.15) is 0 Å². The van der Waals surface area contributed by atoms with E-state index >= 15 is 0 Å². The maximum atomic E-state index is 10.7. The number of phenolic OH excluding ortho intramolecular Hbond substituents is 2. The van der Waals surface area contributed by atoms with Gasteiger partial charge in [-0.1, -0.05) is 12.8 Å². The molecule has 26 heavy (non-hydrogen) atoms. The highest BCUT2D eigenvalue weighted by atomic mass is 16.3. The van der Waals surface area contributed by atoms with Gasteiger partial charge in [-0.05, 0) is 85.7 Å². The molecule has 2 aliphatic carbocycles. The molecule has 2 aromatic rings. The molecular weight excluding hydrogens is 324 g/mol. The molecular formula is C22H26N2O2. The summed E-state index contributed by atoms with van der Waals surface area (Å²) in [4.78, 5) is 0. The van der Waals surface area contributed by atoms with Gasteiger partial charge in [0.2, 0.25) is 0 Å². The maximum Gasteiger partial charge on any atom is 0.139 e. The van der Waals surface area contributed by atoms with E-state index < -0.39 is 0 Å². The third kappa shape index (κ3) is 2.39. The summed E-state index contributed by atoms with van der Waals surface area (Å²) in [6.45, 7) is 1.09. The number of hydrogen-bond acceptors (Lipinski definition) is 4. The lowest BCUT2D eigenvalue weighted by Crippen LogP contribution is -2.59. The van der Waals surface area contributed by atoms with E-state index in [0.29, 0.717) is 17.7 Å². The van der Waals surface area contributed by atoms with Gasteiger partial charge in [0.15, 0.2) is 0 Å². The maximum absolute atomic E-state index is 10.7. The molecule has 2 bridgehead atoms. The molecule has 4 N–H and O–H groups in total. The third-order valence-corrected chi connectivity index (χ3v) is 6.91. The number of nitrogens with one attached hydrogen (secondary N) is 2. The fourth-order valence-electron chi connectivity index (χ4n) is 5.77. The van der Waals surface area contributed by atoms with Gasteiger partial charge in [-0.3, -0.25) is 0 Å². The molecule has 2 aromatic carbocycles. The number of phenols is 2. The van der Waals surface area contributed by atoms with E-state index in [1.165, 1.54) is 43.2 Å². The van der Waals surface area contributed by atoms with E-state index in [4.69, 9.17) is 0 Å². The van der Waals surface area contributed by atoms with E-state index in [1.54, 1.807) is 12.1 Å². The van der Waals surface area contributed by atoms with Gasteiger partial charge in [-0.15, -0.1) is 0 Å². The van der Waals surface area contributed by atoms with E-state index in [1.807, 2.05) is 18.2 Å². The number of piperidine rings is 1. The van der Waals surface area contributed by atoms with Crippen molar-refractivity contribution in [3.05, 3.63) is 47.5 Å². The Morgan fingerprint density at radius 3 is 2.73 bits per heavy atom. The molecule has 1 heterocycles. The SMILES string of the molecule is Oc1ccc(Nc2cc3c(cc2O)[C@@]24CCCC[C@H]2[C@@H](C3)NCC4)cc1. The van der Waals surface area contributed by atoms with Gasteiger partial charge in [0.05, 0.1) is 5.69 Å². The average molecular weight is 350 g/mol. The monoisotopic (exact) mass is 350 g/mol.